The summed E-state index contributed by atoms with van der Waals surface area (Å²) in [5.74, 6) is 0.879. The van der Waals surface area contributed by atoms with Crippen molar-refractivity contribution in [2.24, 2.45) is 4.99 Å². The second-order valence-corrected chi connectivity index (χ2v) is 6.87. The van der Waals surface area contributed by atoms with Crippen LogP contribution in [-0.4, -0.2) is 50.2 Å². The third-order valence-electron chi connectivity index (χ3n) is 4.58. The van der Waals surface area contributed by atoms with Gasteiger partial charge in [0.2, 0.25) is 0 Å². The number of nitrogens with zero attached hydrogens (tertiary/aromatic N) is 2. The van der Waals surface area contributed by atoms with Crippen LogP contribution in [0.15, 0.2) is 23.2 Å². The highest BCUT2D eigenvalue weighted by molar-refractivity contribution is 14.0. The molecule has 0 aromatic heterocycles. The lowest BCUT2D eigenvalue weighted by Crippen LogP contribution is -2.38. The van der Waals surface area contributed by atoms with Gasteiger partial charge in [-0.05, 0) is 65.2 Å². The Morgan fingerprint density at radius 1 is 1.21 bits per heavy atom. The summed E-state index contributed by atoms with van der Waals surface area (Å²) in [6.45, 7) is 6.58. The summed E-state index contributed by atoms with van der Waals surface area (Å²) in [5, 5.41) is 6.52. The molecule has 0 spiro atoms. The Labute approximate surface area is 184 Å². The first kappa shape index (κ1) is 24.9. The van der Waals surface area contributed by atoms with Gasteiger partial charge in [-0.1, -0.05) is 17.7 Å². The Balaban J connectivity index is 0.00000392. The first-order valence-corrected chi connectivity index (χ1v) is 9.87. The number of unbranched alkanes of at least 4 members (excludes halogenated alkanes) is 1. The molecule has 0 atom stereocenters. The average molecular weight is 510 g/mol. The molecule has 8 heteroatoms. The van der Waals surface area contributed by atoms with Crippen molar-refractivity contribution in [3.63, 3.8) is 0 Å². The number of hydrogen-bond acceptors (Lipinski definition) is 3. The highest BCUT2D eigenvalue weighted by Crippen LogP contribution is 2.22. The van der Waals surface area contributed by atoms with Crippen molar-refractivity contribution in [1.82, 2.24) is 15.5 Å². The highest BCUT2D eigenvalue weighted by Gasteiger charge is 2.11. The van der Waals surface area contributed by atoms with Gasteiger partial charge in [0.25, 0.3) is 0 Å². The van der Waals surface area contributed by atoms with Crippen LogP contribution in [0.25, 0.3) is 0 Å². The zero-order chi connectivity index (χ0) is 19.5. The Morgan fingerprint density at radius 3 is 2.64 bits per heavy atom. The topological polar surface area (TPSA) is 48.9 Å². The number of nitrogens with one attached hydrogen (secondary N) is 2. The van der Waals surface area contributed by atoms with Gasteiger partial charge in [-0.3, -0.25) is 0 Å². The van der Waals surface area contributed by atoms with Crippen LogP contribution in [0.1, 0.15) is 43.7 Å². The number of likely N-dealkylation sites (tertiary alicyclic amines) is 1. The molecule has 2 N–H and O–H groups in total. The fourth-order valence-corrected chi connectivity index (χ4v) is 3.22. The molecule has 0 aliphatic carbocycles. The molecule has 0 amide bonds. The van der Waals surface area contributed by atoms with Gasteiger partial charge in [-0.25, -0.2) is 4.99 Å². The van der Waals surface area contributed by atoms with Gasteiger partial charge >= 0.3 is 6.61 Å². The van der Waals surface area contributed by atoms with Crippen LogP contribution in [0.3, 0.4) is 0 Å². The van der Waals surface area contributed by atoms with Crippen LogP contribution in [-0.2, 0) is 6.54 Å². The quantitative estimate of drug-likeness (QED) is 0.215. The Morgan fingerprint density at radius 2 is 1.96 bits per heavy atom. The molecule has 0 bridgehead atoms. The molecule has 0 saturated carbocycles. The molecule has 0 radical (unpaired) electrons. The molecule has 1 aliphatic heterocycles. The highest BCUT2D eigenvalue weighted by atomic mass is 127. The monoisotopic (exact) mass is 510 g/mol. The van der Waals surface area contributed by atoms with Gasteiger partial charge < -0.3 is 20.3 Å². The third-order valence-corrected chi connectivity index (χ3v) is 4.58. The summed E-state index contributed by atoms with van der Waals surface area (Å²) in [4.78, 5) is 7.04. The number of guanidine groups is 1. The van der Waals surface area contributed by atoms with E-state index >= 15 is 0 Å². The molecular formula is C20H33F2IN4O. The molecule has 1 heterocycles. The van der Waals surface area contributed by atoms with E-state index in [1.807, 2.05) is 19.9 Å². The lowest BCUT2D eigenvalue weighted by molar-refractivity contribution is -0.0504. The average Bonchev–Trinajstić information content (AvgIpc) is 3.14. The number of aliphatic imine (C=N–C) groups is 1. The normalized spacial score (nSPS) is 14.8. The number of benzene rings is 1. The SMILES string of the molecule is CCNC(=NCc1cc(C)ccc1OC(F)F)NCCCCN1CCCC1.I. The number of aryl methyl sites for hydroxylation is 1. The molecule has 1 fully saturated rings. The van der Waals surface area contributed by atoms with E-state index in [1.165, 1.54) is 25.9 Å². The van der Waals surface area contributed by atoms with Crippen molar-refractivity contribution >= 4 is 29.9 Å². The molecule has 0 unspecified atom stereocenters. The first-order valence-electron chi connectivity index (χ1n) is 9.87. The number of ether oxygens (including phenoxy) is 1. The summed E-state index contributed by atoms with van der Waals surface area (Å²) in [7, 11) is 0. The maximum atomic E-state index is 12.6. The number of hydrogen-bond donors (Lipinski definition) is 2. The molecule has 1 saturated heterocycles. The Kier molecular flexibility index (Phi) is 12.4. The summed E-state index contributed by atoms with van der Waals surface area (Å²) in [6, 6.07) is 5.17. The minimum absolute atomic E-state index is 0. The van der Waals surface area contributed by atoms with Gasteiger partial charge in [-0.15, -0.1) is 24.0 Å². The van der Waals surface area contributed by atoms with E-state index < -0.39 is 6.61 Å². The standard InChI is InChI=1S/C20H32F2N4O.HI/c1-3-23-20(24-10-4-5-11-26-12-6-7-13-26)25-15-17-14-16(2)8-9-18(17)27-19(21)22;/h8-9,14,19H,3-7,10-13,15H2,1-2H3,(H2,23,24,25);1H. The van der Waals surface area contributed by atoms with E-state index in [4.69, 9.17) is 0 Å². The molecule has 5 nitrogen and oxygen atoms in total. The van der Waals surface area contributed by atoms with Gasteiger partial charge in [0.05, 0.1) is 6.54 Å². The third kappa shape index (κ3) is 9.36. The largest absolute Gasteiger partial charge is 0.434 e. The van der Waals surface area contributed by atoms with E-state index in [0.29, 0.717) is 11.5 Å². The summed E-state index contributed by atoms with van der Waals surface area (Å²) < 4.78 is 29.8. The molecule has 28 heavy (non-hydrogen) atoms. The molecular weight excluding hydrogens is 477 g/mol. The van der Waals surface area contributed by atoms with Gasteiger partial charge in [0.15, 0.2) is 5.96 Å². The van der Waals surface area contributed by atoms with Crippen molar-refractivity contribution in [2.45, 2.75) is 52.7 Å². The predicted molar refractivity (Wildman–Crippen MR) is 121 cm³/mol. The second kappa shape index (κ2) is 13.9. The van der Waals surface area contributed by atoms with Gasteiger partial charge in [0.1, 0.15) is 5.75 Å². The van der Waals surface area contributed by atoms with Crippen molar-refractivity contribution in [1.29, 1.82) is 0 Å². The first-order chi connectivity index (χ1) is 13.1. The molecule has 1 aromatic rings. The molecule has 2 rings (SSSR count). The maximum absolute atomic E-state index is 12.6. The van der Waals surface area contributed by atoms with E-state index in [2.05, 4.69) is 25.3 Å². The number of halogens is 3. The Bertz CT molecular complexity index is 596. The molecule has 160 valence electrons. The Hall–Kier alpha value is -1.16. The maximum Gasteiger partial charge on any atom is 0.387 e. The number of alkyl halides is 2. The van der Waals surface area contributed by atoms with Crippen molar-refractivity contribution in [2.75, 3.05) is 32.7 Å². The smallest absolute Gasteiger partial charge is 0.387 e. The molecule has 1 aromatic carbocycles. The van der Waals surface area contributed by atoms with E-state index in [-0.39, 0.29) is 36.3 Å². The minimum Gasteiger partial charge on any atom is -0.434 e. The van der Waals surface area contributed by atoms with E-state index in [9.17, 15) is 8.78 Å². The van der Waals surface area contributed by atoms with Crippen LogP contribution in [0.4, 0.5) is 8.78 Å². The summed E-state index contributed by atoms with van der Waals surface area (Å²) in [5.41, 5.74) is 1.64. The van der Waals surface area contributed by atoms with Crippen LogP contribution >= 0.6 is 24.0 Å². The van der Waals surface area contributed by atoms with E-state index in [1.54, 1.807) is 12.1 Å². The van der Waals surface area contributed by atoms with Crippen LogP contribution in [0.2, 0.25) is 0 Å². The number of rotatable bonds is 10. The fourth-order valence-electron chi connectivity index (χ4n) is 3.22. The van der Waals surface area contributed by atoms with Gasteiger partial charge in [0, 0.05) is 18.7 Å². The minimum atomic E-state index is -2.84. The predicted octanol–water partition coefficient (Wildman–Crippen LogP) is 4.15. The lowest BCUT2D eigenvalue weighted by Gasteiger charge is -2.15. The second-order valence-electron chi connectivity index (χ2n) is 6.87. The summed E-state index contributed by atoms with van der Waals surface area (Å²) >= 11 is 0. The van der Waals surface area contributed by atoms with Crippen molar-refractivity contribution in [3.05, 3.63) is 29.3 Å². The van der Waals surface area contributed by atoms with Crippen molar-refractivity contribution in [3.8, 4) is 5.75 Å². The van der Waals surface area contributed by atoms with Crippen molar-refractivity contribution < 1.29 is 13.5 Å². The zero-order valence-electron chi connectivity index (χ0n) is 16.8. The van der Waals surface area contributed by atoms with Crippen LogP contribution < -0.4 is 15.4 Å². The van der Waals surface area contributed by atoms with Crippen LogP contribution in [0.5, 0.6) is 5.75 Å². The lowest BCUT2D eigenvalue weighted by atomic mass is 10.1. The van der Waals surface area contributed by atoms with Gasteiger partial charge in [-0.2, -0.15) is 8.78 Å². The summed E-state index contributed by atoms with van der Waals surface area (Å²) in [6.07, 6.45) is 4.89. The fraction of sp³-hybridized carbons (Fsp3) is 0.650. The van der Waals surface area contributed by atoms with Crippen LogP contribution in [0, 0.1) is 6.92 Å². The van der Waals surface area contributed by atoms with E-state index in [0.717, 1.165) is 38.0 Å². The zero-order valence-corrected chi connectivity index (χ0v) is 19.2. The molecule has 1 aliphatic rings.